The molecule has 2 N–H and O–H groups in total. The SMILES string of the molecule is CCOC(=O)c1c(NC(=O)[C@H](C)Nc2cccc(C)c2)sc2c1CCCC2. The van der Waals surface area contributed by atoms with Gasteiger partial charge in [-0.3, -0.25) is 4.79 Å². The quantitative estimate of drug-likeness (QED) is 0.715. The molecule has 5 nitrogen and oxygen atoms in total. The predicted octanol–water partition coefficient (Wildman–Crippen LogP) is 4.55. The molecule has 0 spiro atoms. The van der Waals surface area contributed by atoms with Crippen LogP contribution >= 0.6 is 11.3 Å². The van der Waals surface area contributed by atoms with Crippen LogP contribution in [-0.2, 0) is 22.4 Å². The lowest BCUT2D eigenvalue weighted by Crippen LogP contribution is -2.32. The molecule has 1 aromatic heterocycles. The maximum Gasteiger partial charge on any atom is 0.341 e. The number of esters is 1. The minimum Gasteiger partial charge on any atom is -0.462 e. The molecule has 1 aliphatic rings. The first-order valence-corrected chi connectivity index (χ1v) is 10.3. The zero-order chi connectivity index (χ0) is 19.4. The number of thiophene rings is 1. The van der Waals surface area contributed by atoms with Crippen molar-refractivity contribution in [3.8, 4) is 0 Å². The van der Waals surface area contributed by atoms with Crippen LogP contribution in [0.1, 0.15) is 53.1 Å². The van der Waals surface area contributed by atoms with Crippen molar-refractivity contribution in [2.75, 3.05) is 17.2 Å². The first kappa shape index (κ1) is 19.4. The number of fused-ring (bicyclic) bond motifs is 1. The summed E-state index contributed by atoms with van der Waals surface area (Å²) < 4.78 is 5.24. The second-order valence-corrected chi connectivity index (χ2v) is 7.97. The van der Waals surface area contributed by atoms with Gasteiger partial charge in [-0.2, -0.15) is 0 Å². The van der Waals surface area contributed by atoms with Crippen molar-refractivity contribution in [2.45, 2.75) is 52.5 Å². The van der Waals surface area contributed by atoms with Crippen LogP contribution in [0, 0.1) is 6.92 Å². The molecular weight excluding hydrogens is 360 g/mol. The molecule has 27 heavy (non-hydrogen) atoms. The molecule has 1 heterocycles. The number of carbonyl (C=O) groups excluding carboxylic acids is 2. The zero-order valence-electron chi connectivity index (χ0n) is 16.1. The van der Waals surface area contributed by atoms with E-state index in [0.29, 0.717) is 17.2 Å². The van der Waals surface area contributed by atoms with Crippen molar-refractivity contribution in [2.24, 2.45) is 0 Å². The molecule has 2 aromatic rings. The van der Waals surface area contributed by atoms with Gasteiger partial charge in [0.1, 0.15) is 11.0 Å². The van der Waals surface area contributed by atoms with E-state index in [9.17, 15) is 9.59 Å². The van der Waals surface area contributed by atoms with Gasteiger partial charge in [-0.15, -0.1) is 11.3 Å². The van der Waals surface area contributed by atoms with E-state index >= 15 is 0 Å². The average molecular weight is 387 g/mol. The van der Waals surface area contributed by atoms with E-state index in [1.54, 1.807) is 6.92 Å². The maximum absolute atomic E-state index is 12.7. The number of ether oxygens (including phenoxy) is 1. The highest BCUT2D eigenvalue weighted by molar-refractivity contribution is 7.17. The summed E-state index contributed by atoms with van der Waals surface area (Å²) in [6.45, 7) is 5.94. The molecule has 6 heteroatoms. The minimum atomic E-state index is -0.430. The first-order valence-electron chi connectivity index (χ1n) is 9.45. The van der Waals surface area contributed by atoms with Crippen LogP contribution in [-0.4, -0.2) is 24.5 Å². The number of carbonyl (C=O) groups is 2. The molecule has 0 saturated carbocycles. The van der Waals surface area contributed by atoms with Gasteiger partial charge >= 0.3 is 5.97 Å². The largest absolute Gasteiger partial charge is 0.462 e. The minimum absolute atomic E-state index is 0.166. The fourth-order valence-corrected chi connectivity index (χ4v) is 4.62. The molecule has 0 bridgehead atoms. The van der Waals surface area contributed by atoms with Gasteiger partial charge in [-0.1, -0.05) is 12.1 Å². The lowest BCUT2D eigenvalue weighted by atomic mass is 9.95. The fraction of sp³-hybridized carbons (Fsp3) is 0.429. The summed E-state index contributed by atoms with van der Waals surface area (Å²) in [6, 6.07) is 7.47. The summed E-state index contributed by atoms with van der Waals surface area (Å²) >= 11 is 1.51. The number of amides is 1. The Morgan fingerprint density at radius 1 is 1.26 bits per heavy atom. The van der Waals surface area contributed by atoms with Gasteiger partial charge in [0.05, 0.1) is 12.2 Å². The summed E-state index contributed by atoms with van der Waals surface area (Å²) in [5.41, 5.74) is 3.63. The van der Waals surface area contributed by atoms with Crippen LogP contribution in [0.15, 0.2) is 24.3 Å². The van der Waals surface area contributed by atoms with Crippen molar-refractivity contribution in [3.63, 3.8) is 0 Å². The third kappa shape index (κ3) is 4.50. The lowest BCUT2D eigenvalue weighted by Gasteiger charge is -2.16. The van der Waals surface area contributed by atoms with Gasteiger partial charge in [-0.05, 0) is 69.7 Å². The number of hydrogen-bond donors (Lipinski definition) is 2. The molecule has 1 amide bonds. The average Bonchev–Trinajstić information content (AvgIpc) is 2.99. The summed E-state index contributed by atoms with van der Waals surface area (Å²) in [7, 11) is 0. The van der Waals surface area contributed by atoms with Crippen molar-refractivity contribution in [1.82, 2.24) is 0 Å². The second-order valence-electron chi connectivity index (χ2n) is 6.86. The Bertz CT molecular complexity index is 844. The Morgan fingerprint density at radius 3 is 2.78 bits per heavy atom. The van der Waals surface area contributed by atoms with Crippen LogP contribution < -0.4 is 10.6 Å². The number of anilines is 2. The molecule has 3 rings (SSSR count). The monoisotopic (exact) mass is 386 g/mol. The third-order valence-electron chi connectivity index (χ3n) is 4.68. The standard InChI is InChI=1S/C21H26N2O3S/c1-4-26-21(25)18-16-10-5-6-11-17(16)27-20(18)23-19(24)14(3)22-15-9-7-8-13(2)12-15/h7-9,12,14,22H,4-6,10-11H2,1-3H3,(H,23,24)/t14-/m0/s1. The molecule has 0 unspecified atom stereocenters. The highest BCUT2D eigenvalue weighted by atomic mass is 32.1. The van der Waals surface area contributed by atoms with E-state index in [1.165, 1.54) is 16.2 Å². The number of hydrogen-bond acceptors (Lipinski definition) is 5. The molecule has 1 aromatic carbocycles. The Balaban J connectivity index is 1.78. The summed E-state index contributed by atoms with van der Waals surface area (Å²) in [5.74, 6) is -0.507. The van der Waals surface area contributed by atoms with E-state index in [2.05, 4.69) is 10.6 Å². The Morgan fingerprint density at radius 2 is 2.04 bits per heavy atom. The third-order valence-corrected chi connectivity index (χ3v) is 5.89. The van der Waals surface area contributed by atoms with Crippen molar-refractivity contribution in [3.05, 3.63) is 45.8 Å². The van der Waals surface area contributed by atoms with Gasteiger partial charge in [0.15, 0.2) is 0 Å². The highest BCUT2D eigenvalue weighted by Crippen LogP contribution is 2.38. The van der Waals surface area contributed by atoms with Crippen LogP contribution in [0.5, 0.6) is 0 Å². The predicted molar refractivity (Wildman–Crippen MR) is 110 cm³/mol. The lowest BCUT2D eigenvalue weighted by molar-refractivity contribution is -0.116. The van der Waals surface area contributed by atoms with Crippen molar-refractivity contribution in [1.29, 1.82) is 0 Å². The zero-order valence-corrected chi connectivity index (χ0v) is 16.9. The van der Waals surface area contributed by atoms with Crippen LogP contribution in [0.3, 0.4) is 0 Å². The van der Waals surface area contributed by atoms with Crippen LogP contribution in [0.2, 0.25) is 0 Å². The number of rotatable bonds is 6. The van der Waals surface area contributed by atoms with Gasteiger partial charge in [0, 0.05) is 10.6 Å². The van der Waals surface area contributed by atoms with Crippen LogP contribution in [0.25, 0.3) is 0 Å². The molecular formula is C21H26N2O3S. The Labute approximate surface area is 164 Å². The summed E-state index contributed by atoms with van der Waals surface area (Å²) in [4.78, 5) is 26.4. The van der Waals surface area contributed by atoms with Gasteiger partial charge in [0.25, 0.3) is 0 Å². The maximum atomic E-state index is 12.7. The molecule has 0 aliphatic heterocycles. The van der Waals surface area contributed by atoms with Crippen molar-refractivity contribution >= 4 is 33.9 Å². The normalized spacial score (nSPS) is 14.2. The van der Waals surface area contributed by atoms with Crippen molar-refractivity contribution < 1.29 is 14.3 Å². The van der Waals surface area contributed by atoms with E-state index in [1.807, 2.05) is 38.1 Å². The fourth-order valence-electron chi connectivity index (χ4n) is 3.34. The highest BCUT2D eigenvalue weighted by Gasteiger charge is 2.28. The Hall–Kier alpha value is -2.34. The molecule has 1 atom stereocenters. The van der Waals surface area contributed by atoms with Crippen LogP contribution in [0.4, 0.5) is 10.7 Å². The van der Waals surface area contributed by atoms with Gasteiger partial charge in [-0.25, -0.2) is 4.79 Å². The molecule has 1 aliphatic carbocycles. The van der Waals surface area contributed by atoms with E-state index in [-0.39, 0.29) is 11.9 Å². The summed E-state index contributed by atoms with van der Waals surface area (Å²) in [6.07, 6.45) is 4.01. The molecule has 144 valence electrons. The Kier molecular flexibility index (Phi) is 6.16. The topological polar surface area (TPSA) is 67.4 Å². The van der Waals surface area contributed by atoms with E-state index in [0.717, 1.165) is 42.5 Å². The van der Waals surface area contributed by atoms with E-state index < -0.39 is 6.04 Å². The van der Waals surface area contributed by atoms with Gasteiger partial charge < -0.3 is 15.4 Å². The molecule has 0 radical (unpaired) electrons. The smallest absolute Gasteiger partial charge is 0.341 e. The summed E-state index contributed by atoms with van der Waals surface area (Å²) in [5, 5.41) is 6.79. The molecule has 0 fully saturated rings. The molecule has 0 saturated heterocycles. The van der Waals surface area contributed by atoms with E-state index in [4.69, 9.17) is 4.74 Å². The first-order chi connectivity index (χ1) is 13.0. The van der Waals surface area contributed by atoms with Gasteiger partial charge in [0.2, 0.25) is 5.91 Å². The number of aryl methyl sites for hydroxylation is 2. The number of benzene rings is 1. The second kappa shape index (κ2) is 8.57. The number of nitrogens with one attached hydrogen (secondary N) is 2.